The number of primary sulfonamides is 1. The molecule has 1 fully saturated rings. The number of carboxylic acids is 1. The summed E-state index contributed by atoms with van der Waals surface area (Å²) in [5.74, 6) is -1.24. The van der Waals surface area contributed by atoms with Gasteiger partial charge in [0.1, 0.15) is 10.7 Å². The number of thiazole rings is 1. The quantitative estimate of drug-likeness (QED) is 0.229. The van der Waals surface area contributed by atoms with E-state index in [1.807, 2.05) is 0 Å². The third kappa shape index (κ3) is 7.98. The number of aryl methyl sites for hydroxylation is 1. The van der Waals surface area contributed by atoms with Crippen molar-refractivity contribution in [2.24, 2.45) is 11.1 Å². The monoisotopic (exact) mass is 617 g/mol. The van der Waals surface area contributed by atoms with Gasteiger partial charge in [-0.2, -0.15) is 4.98 Å². The summed E-state index contributed by atoms with van der Waals surface area (Å²) in [7, 11) is -3.82. The number of esters is 1. The summed E-state index contributed by atoms with van der Waals surface area (Å²) in [6.07, 6.45) is 1.01. The number of nitrogens with two attached hydrogens (primary N) is 1. The highest BCUT2D eigenvalue weighted by atomic mass is 32.2. The lowest BCUT2D eigenvalue weighted by atomic mass is 9.96. The number of sulfonamides is 1. The van der Waals surface area contributed by atoms with E-state index in [2.05, 4.69) is 25.6 Å². The Labute approximate surface area is 246 Å². The van der Waals surface area contributed by atoms with Crippen LogP contribution in [0.25, 0.3) is 0 Å². The Morgan fingerprint density at radius 2 is 1.83 bits per heavy atom. The maximum absolute atomic E-state index is 13.1. The van der Waals surface area contributed by atoms with Crippen LogP contribution in [0.4, 0.5) is 16.9 Å². The molecule has 0 atom stereocenters. The van der Waals surface area contributed by atoms with Crippen molar-refractivity contribution in [2.75, 3.05) is 30.3 Å². The van der Waals surface area contributed by atoms with E-state index in [0.717, 1.165) is 16.9 Å². The number of aromatic nitrogens is 3. The molecule has 4 rings (SSSR count). The zero-order valence-electron chi connectivity index (χ0n) is 23.0. The maximum atomic E-state index is 13.1. The summed E-state index contributed by atoms with van der Waals surface area (Å²) in [5, 5.41) is 20.9. The molecule has 1 amide bonds. The molecule has 0 spiro atoms. The van der Waals surface area contributed by atoms with E-state index in [1.165, 1.54) is 12.1 Å². The molecule has 14 nitrogen and oxygen atoms in total. The fourth-order valence-corrected chi connectivity index (χ4v) is 5.67. The third-order valence-corrected chi connectivity index (χ3v) is 8.50. The number of aromatic carboxylic acids is 1. The Morgan fingerprint density at radius 3 is 2.43 bits per heavy atom. The number of carbonyl (C=O) groups is 3. The summed E-state index contributed by atoms with van der Waals surface area (Å²) in [4.78, 5) is 51.5. The normalized spacial score (nSPS) is 13.9. The molecule has 1 saturated heterocycles. The zero-order chi connectivity index (χ0) is 30.4. The van der Waals surface area contributed by atoms with Crippen molar-refractivity contribution in [1.82, 2.24) is 19.9 Å². The molecule has 0 unspecified atom stereocenters. The fraction of sp³-hybridized carbons (Fsp3) is 0.385. The first kappa shape index (κ1) is 30.8. The Bertz CT molecular complexity index is 1570. The zero-order valence-corrected chi connectivity index (χ0v) is 24.6. The topological polar surface area (TPSA) is 207 Å². The molecule has 1 aliphatic rings. The van der Waals surface area contributed by atoms with Crippen molar-refractivity contribution >= 4 is 56.1 Å². The van der Waals surface area contributed by atoms with Crippen LogP contribution in [0.1, 0.15) is 46.4 Å². The number of hydrogen-bond acceptors (Lipinski definition) is 12. The van der Waals surface area contributed by atoms with E-state index in [9.17, 15) is 27.9 Å². The molecule has 224 valence electrons. The van der Waals surface area contributed by atoms with Crippen LogP contribution in [0.5, 0.6) is 0 Å². The van der Waals surface area contributed by atoms with E-state index in [4.69, 9.17) is 9.88 Å². The molecular weight excluding hydrogens is 586 g/mol. The highest BCUT2D eigenvalue weighted by molar-refractivity contribution is 7.89. The number of benzene rings is 1. The number of nitrogens with one attached hydrogen (secondary N) is 2. The number of amides is 1. The fourth-order valence-electron chi connectivity index (χ4n) is 4.36. The molecule has 0 bridgehead atoms. The number of ether oxygens (including phenoxy) is 1. The number of rotatable bonds is 11. The van der Waals surface area contributed by atoms with Gasteiger partial charge in [-0.3, -0.25) is 14.9 Å². The van der Waals surface area contributed by atoms with Gasteiger partial charge < -0.3 is 20.1 Å². The molecular formula is C26H31N7O7S2. The van der Waals surface area contributed by atoms with Crippen LogP contribution < -0.4 is 15.8 Å². The minimum absolute atomic E-state index is 0.00803. The number of likely N-dealkylation sites (tertiary alicyclic amines) is 1. The maximum Gasteiger partial charge on any atom is 0.347 e. The number of hydrogen-bond donors (Lipinski definition) is 4. The average Bonchev–Trinajstić information content (AvgIpc) is 3.31. The Balaban J connectivity index is 1.50. The first-order valence-corrected chi connectivity index (χ1v) is 15.4. The van der Waals surface area contributed by atoms with Gasteiger partial charge >= 0.3 is 11.9 Å². The third-order valence-electron chi connectivity index (χ3n) is 6.51. The van der Waals surface area contributed by atoms with Crippen LogP contribution in [-0.2, 0) is 37.3 Å². The molecule has 1 aromatic carbocycles. The Morgan fingerprint density at radius 1 is 1.14 bits per heavy atom. The van der Waals surface area contributed by atoms with Gasteiger partial charge in [-0.15, -0.1) is 0 Å². The van der Waals surface area contributed by atoms with Crippen LogP contribution in [0.2, 0.25) is 0 Å². The Hall–Kier alpha value is -4.15. The van der Waals surface area contributed by atoms with Crippen LogP contribution in [0.3, 0.4) is 0 Å². The van der Waals surface area contributed by atoms with Crippen LogP contribution in [0.15, 0.2) is 35.2 Å². The van der Waals surface area contributed by atoms with Crippen molar-refractivity contribution in [2.45, 2.75) is 44.6 Å². The van der Waals surface area contributed by atoms with Crippen molar-refractivity contribution in [3.63, 3.8) is 0 Å². The van der Waals surface area contributed by atoms with Gasteiger partial charge in [0.15, 0.2) is 5.13 Å². The lowest BCUT2D eigenvalue weighted by Crippen LogP contribution is -2.41. The van der Waals surface area contributed by atoms with Crippen molar-refractivity contribution < 1.29 is 32.6 Å². The van der Waals surface area contributed by atoms with Gasteiger partial charge in [0, 0.05) is 25.7 Å². The number of carboxylic acid groups (broad SMARTS) is 1. The molecule has 0 aliphatic carbocycles. The molecule has 16 heteroatoms. The number of nitrogens with zero attached hydrogens (tertiary/aromatic N) is 4. The summed E-state index contributed by atoms with van der Waals surface area (Å²) >= 11 is 0.936. The first-order valence-electron chi connectivity index (χ1n) is 13.1. The van der Waals surface area contributed by atoms with Gasteiger partial charge in [0.2, 0.25) is 21.9 Å². The average molecular weight is 618 g/mol. The summed E-state index contributed by atoms with van der Waals surface area (Å²) in [5.41, 5.74) is 1.50. The predicted molar refractivity (Wildman–Crippen MR) is 154 cm³/mol. The molecule has 3 heterocycles. The molecule has 2 aromatic heterocycles. The number of piperidine rings is 1. The second-order valence-corrected chi connectivity index (χ2v) is 12.1. The summed E-state index contributed by atoms with van der Waals surface area (Å²) in [6.45, 7) is 4.78. The van der Waals surface area contributed by atoms with Crippen LogP contribution in [-0.4, -0.2) is 70.9 Å². The molecule has 0 saturated carbocycles. The second-order valence-electron chi connectivity index (χ2n) is 9.56. The number of anilines is 3. The largest absolute Gasteiger partial charge is 0.477 e. The van der Waals surface area contributed by atoms with E-state index in [0.29, 0.717) is 49.7 Å². The first-order chi connectivity index (χ1) is 19.9. The molecule has 5 N–H and O–H groups in total. The molecule has 0 radical (unpaired) electrons. The highest BCUT2D eigenvalue weighted by Crippen LogP contribution is 2.26. The van der Waals surface area contributed by atoms with E-state index in [1.54, 1.807) is 36.9 Å². The molecule has 3 aromatic rings. The molecule has 1 aliphatic heterocycles. The summed E-state index contributed by atoms with van der Waals surface area (Å²) < 4.78 is 28.2. The van der Waals surface area contributed by atoms with E-state index in [-0.39, 0.29) is 51.6 Å². The van der Waals surface area contributed by atoms with Crippen molar-refractivity contribution in [1.29, 1.82) is 0 Å². The second kappa shape index (κ2) is 13.2. The lowest BCUT2D eigenvalue weighted by molar-refractivity contribution is -0.151. The van der Waals surface area contributed by atoms with Gasteiger partial charge in [0.25, 0.3) is 0 Å². The van der Waals surface area contributed by atoms with Crippen LogP contribution >= 0.6 is 11.3 Å². The lowest BCUT2D eigenvalue weighted by Gasteiger charge is -2.30. The van der Waals surface area contributed by atoms with Gasteiger partial charge in [-0.1, -0.05) is 23.5 Å². The SMILES string of the molecule is CCOC(=O)C1CCN(C(=O)Cc2cc(NCc3ccc(S(N)(=O)=O)cc3)nc(Nc3nc(C)c(C(=O)O)s3)n2)CC1. The Kier molecular flexibility index (Phi) is 9.70. The predicted octanol–water partition coefficient (Wildman–Crippen LogP) is 2.29. The van der Waals surface area contributed by atoms with E-state index < -0.39 is 16.0 Å². The molecule has 42 heavy (non-hydrogen) atoms. The standard InChI is InChI=1S/C26H31N7O7S2/c1-3-40-24(37)17-8-10-33(11-9-17)21(34)13-18-12-20(28-14-16-4-6-19(7-5-16)42(27,38)39)31-25(30-18)32-26-29-15(2)22(41-26)23(35)36/h4-7,12,17H,3,8-11,13-14H2,1-2H3,(H,35,36)(H2,27,38,39)(H2,28,29,30,31,32). The van der Waals surface area contributed by atoms with Gasteiger partial charge in [-0.05, 0) is 44.4 Å². The smallest absolute Gasteiger partial charge is 0.347 e. The van der Waals surface area contributed by atoms with Gasteiger partial charge in [-0.25, -0.2) is 28.3 Å². The van der Waals surface area contributed by atoms with Crippen LogP contribution in [0, 0.1) is 12.8 Å². The highest BCUT2D eigenvalue weighted by Gasteiger charge is 2.28. The van der Waals surface area contributed by atoms with Crippen molar-refractivity contribution in [3.8, 4) is 0 Å². The van der Waals surface area contributed by atoms with Crippen molar-refractivity contribution in [3.05, 3.63) is 52.2 Å². The minimum Gasteiger partial charge on any atom is -0.477 e. The summed E-state index contributed by atoms with van der Waals surface area (Å²) in [6, 6.07) is 7.66. The number of carbonyl (C=O) groups excluding carboxylic acids is 2. The van der Waals surface area contributed by atoms with E-state index >= 15 is 0 Å². The minimum atomic E-state index is -3.82. The van der Waals surface area contributed by atoms with Gasteiger partial charge in [0.05, 0.1) is 35.2 Å².